The molecule has 0 aliphatic heterocycles. The standard InChI is InChI=1S/C14H10N2S/c1-2-5-11(6-3-1)12-8-9-13(16-15-12)14-7-4-10-17-14/h1-10H. The summed E-state index contributed by atoms with van der Waals surface area (Å²) in [6.07, 6.45) is 0. The van der Waals surface area contributed by atoms with Crippen LogP contribution in [0.15, 0.2) is 60.0 Å². The van der Waals surface area contributed by atoms with Gasteiger partial charge in [0.1, 0.15) is 5.69 Å². The maximum atomic E-state index is 4.26. The quantitative estimate of drug-likeness (QED) is 0.677. The van der Waals surface area contributed by atoms with E-state index in [4.69, 9.17) is 0 Å². The van der Waals surface area contributed by atoms with Gasteiger partial charge in [0.25, 0.3) is 0 Å². The number of benzene rings is 1. The molecule has 1 aromatic carbocycles. The topological polar surface area (TPSA) is 25.8 Å². The lowest BCUT2D eigenvalue weighted by molar-refractivity contribution is 1.05. The maximum Gasteiger partial charge on any atom is 0.103 e. The monoisotopic (exact) mass is 238 g/mol. The van der Waals surface area contributed by atoms with Crippen LogP contribution in [0.25, 0.3) is 21.8 Å². The van der Waals surface area contributed by atoms with Gasteiger partial charge in [-0.25, -0.2) is 0 Å². The van der Waals surface area contributed by atoms with Crippen molar-refractivity contribution < 1.29 is 0 Å². The second-order valence-electron chi connectivity index (χ2n) is 3.65. The average Bonchev–Trinajstić information content (AvgIpc) is 2.94. The molecule has 2 aromatic heterocycles. The van der Waals surface area contributed by atoms with E-state index in [1.165, 1.54) is 0 Å². The minimum absolute atomic E-state index is 0.908. The highest BCUT2D eigenvalue weighted by atomic mass is 32.1. The second kappa shape index (κ2) is 4.47. The van der Waals surface area contributed by atoms with E-state index in [9.17, 15) is 0 Å². The van der Waals surface area contributed by atoms with Crippen LogP contribution in [0.2, 0.25) is 0 Å². The van der Waals surface area contributed by atoms with E-state index in [1.54, 1.807) is 11.3 Å². The van der Waals surface area contributed by atoms with Gasteiger partial charge in [-0.3, -0.25) is 0 Å². The van der Waals surface area contributed by atoms with Gasteiger partial charge in [0, 0.05) is 5.56 Å². The summed E-state index contributed by atoms with van der Waals surface area (Å²) < 4.78 is 0. The molecule has 3 rings (SSSR count). The Morgan fingerprint density at radius 2 is 1.47 bits per heavy atom. The lowest BCUT2D eigenvalue weighted by Crippen LogP contribution is -1.88. The predicted molar refractivity (Wildman–Crippen MR) is 70.8 cm³/mol. The Morgan fingerprint density at radius 1 is 0.706 bits per heavy atom. The summed E-state index contributed by atoms with van der Waals surface area (Å²) in [6, 6.07) is 18.2. The molecule has 0 unspecified atom stereocenters. The van der Waals surface area contributed by atoms with E-state index < -0.39 is 0 Å². The van der Waals surface area contributed by atoms with Crippen molar-refractivity contribution in [2.24, 2.45) is 0 Å². The predicted octanol–water partition coefficient (Wildman–Crippen LogP) is 3.87. The van der Waals surface area contributed by atoms with Crippen LogP contribution in [0, 0.1) is 0 Å². The second-order valence-corrected chi connectivity index (χ2v) is 4.59. The molecule has 0 aliphatic carbocycles. The number of nitrogens with zero attached hydrogens (tertiary/aromatic N) is 2. The van der Waals surface area contributed by atoms with Crippen LogP contribution >= 0.6 is 11.3 Å². The van der Waals surface area contributed by atoms with Crippen LogP contribution in [0.5, 0.6) is 0 Å². The molecule has 3 heteroatoms. The molecule has 0 aliphatic rings. The number of rotatable bonds is 2. The van der Waals surface area contributed by atoms with Crippen molar-refractivity contribution in [3.05, 3.63) is 60.0 Å². The molecule has 2 heterocycles. The summed E-state index contributed by atoms with van der Waals surface area (Å²) in [6.45, 7) is 0. The molecule has 82 valence electrons. The highest BCUT2D eigenvalue weighted by Crippen LogP contribution is 2.23. The number of thiophene rings is 1. The fourth-order valence-electron chi connectivity index (χ4n) is 1.65. The molecule has 0 amide bonds. The van der Waals surface area contributed by atoms with Crippen LogP contribution in [0.4, 0.5) is 0 Å². The van der Waals surface area contributed by atoms with E-state index in [2.05, 4.69) is 16.3 Å². The first-order chi connectivity index (χ1) is 8.43. The Labute approximate surface area is 104 Å². The van der Waals surface area contributed by atoms with Gasteiger partial charge in [-0.1, -0.05) is 36.4 Å². The van der Waals surface area contributed by atoms with Crippen molar-refractivity contribution >= 4 is 11.3 Å². The Hall–Kier alpha value is -2.00. The number of aromatic nitrogens is 2. The number of hydrogen-bond acceptors (Lipinski definition) is 3. The first-order valence-electron chi connectivity index (χ1n) is 5.36. The average molecular weight is 238 g/mol. The van der Waals surface area contributed by atoms with Crippen molar-refractivity contribution in [2.45, 2.75) is 0 Å². The minimum Gasteiger partial charge on any atom is -0.150 e. The molecule has 17 heavy (non-hydrogen) atoms. The van der Waals surface area contributed by atoms with Crippen LogP contribution in [-0.4, -0.2) is 10.2 Å². The Bertz CT molecular complexity index is 586. The fourth-order valence-corrected chi connectivity index (χ4v) is 2.34. The van der Waals surface area contributed by atoms with Crippen molar-refractivity contribution in [3.63, 3.8) is 0 Å². The summed E-state index contributed by atoms with van der Waals surface area (Å²) in [5, 5.41) is 10.6. The van der Waals surface area contributed by atoms with Crippen LogP contribution in [0.3, 0.4) is 0 Å². The summed E-state index contributed by atoms with van der Waals surface area (Å²) in [5.41, 5.74) is 2.93. The van der Waals surface area contributed by atoms with Crippen LogP contribution in [-0.2, 0) is 0 Å². The van der Waals surface area contributed by atoms with Gasteiger partial charge in [0.15, 0.2) is 0 Å². The van der Waals surface area contributed by atoms with Crippen LogP contribution < -0.4 is 0 Å². The van der Waals surface area contributed by atoms with Crippen molar-refractivity contribution in [1.82, 2.24) is 10.2 Å². The molecule has 3 aromatic rings. The highest BCUT2D eigenvalue weighted by molar-refractivity contribution is 7.13. The van der Waals surface area contributed by atoms with Crippen molar-refractivity contribution in [1.29, 1.82) is 0 Å². The van der Waals surface area contributed by atoms with Gasteiger partial charge in [0.05, 0.1) is 10.6 Å². The normalized spacial score (nSPS) is 10.4. The molecule has 0 radical (unpaired) electrons. The van der Waals surface area contributed by atoms with E-state index >= 15 is 0 Å². The zero-order valence-electron chi connectivity index (χ0n) is 9.08. The van der Waals surface area contributed by atoms with E-state index in [0.717, 1.165) is 21.8 Å². The van der Waals surface area contributed by atoms with Gasteiger partial charge in [-0.05, 0) is 23.6 Å². The van der Waals surface area contributed by atoms with Gasteiger partial charge >= 0.3 is 0 Å². The Balaban J connectivity index is 1.96. The highest BCUT2D eigenvalue weighted by Gasteiger charge is 2.02. The van der Waals surface area contributed by atoms with Gasteiger partial charge in [0.2, 0.25) is 0 Å². The maximum absolute atomic E-state index is 4.26. The Kier molecular flexibility index (Phi) is 2.68. The first kappa shape index (κ1) is 10.2. The molecule has 0 atom stereocenters. The zero-order chi connectivity index (χ0) is 11.5. The number of hydrogen-bond donors (Lipinski definition) is 0. The molecular formula is C14H10N2S. The molecule has 0 fully saturated rings. The summed E-state index contributed by atoms with van der Waals surface area (Å²) in [4.78, 5) is 1.15. The third-order valence-corrected chi connectivity index (χ3v) is 3.40. The van der Waals surface area contributed by atoms with Crippen molar-refractivity contribution in [3.8, 4) is 21.8 Å². The SMILES string of the molecule is c1ccc(-c2ccc(-c3cccs3)nn2)cc1. The van der Waals surface area contributed by atoms with Crippen molar-refractivity contribution in [2.75, 3.05) is 0 Å². The van der Waals surface area contributed by atoms with Crippen LogP contribution in [0.1, 0.15) is 0 Å². The molecular weight excluding hydrogens is 228 g/mol. The molecule has 0 bridgehead atoms. The summed E-state index contributed by atoms with van der Waals surface area (Å²) >= 11 is 1.68. The largest absolute Gasteiger partial charge is 0.150 e. The first-order valence-corrected chi connectivity index (χ1v) is 6.24. The van der Waals surface area contributed by atoms with E-state index in [-0.39, 0.29) is 0 Å². The van der Waals surface area contributed by atoms with Gasteiger partial charge < -0.3 is 0 Å². The lowest BCUT2D eigenvalue weighted by atomic mass is 10.1. The van der Waals surface area contributed by atoms with Gasteiger partial charge in [-0.2, -0.15) is 0 Å². The van der Waals surface area contributed by atoms with Gasteiger partial charge in [-0.15, -0.1) is 21.5 Å². The molecule has 0 saturated heterocycles. The third-order valence-electron chi connectivity index (χ3n) is 2.51. The van der Waals surface area contributed by atoms with E-state index in [0.29, 0.717) is 0 Å². The molecule has 2 nitrogen and oxygen atoms in total. The Morgan fingerprint density at radius 3 is 2.12 bits per heavy atom. The molecule has 0 N–H and O–H groups in total. The lowest BCUT2D eigenvalue weighted by Gasteiger charge is -2.00. The zero-order valence-corrected chi connectivity index (χ0v) is 9.89. The fraction of sp³-hybridized carbons (Fsp3) is 0. The minimum atomic E-state index is 0.908. The molecule has 0 saturated carbocycles. The van der Waals surface area contributed by atoms with E-state index in [1.807, 2.05) is 53.9 Å². The summed E-state index contributed by atoms with van der Waals surface area (Å²) in [7, 11) is 0. The smallest absolute Gasteiger partial charge is 0.103 e. The summed E-state index contributed by atoms with van der Waals surface area (Å²) in [5.74, 6) is 0. The third kappa shape index (κ3) is 2.10. The molecule has 0 spiro atoms.